The number of hydrogen-bond donors (Lipinski definition) is 2. The molecular formula is C17H19N3S. The quantitative estimate of drug-likeness (QED) is 0.734. The number of pyridine rings is 1. The molecule has 0 radical (unpaired) electrons. The van der Waals surface area contributed by atoms with Gasteiger partial charge in [0.1, 0.15) is 5.03 Å². The second-order valence-corrected chi connectivity index (χ2v) is 6.09. The lowest BCUT2D eigenvalue weighted by atomic mass is 10.1. The van der Waals surface area contributed by atoms with Gasteiger partial charge in [-0.15, -0.1) is 0 Å². The summed E-state index contributed by atoms with van der Waals surface area (Å²) in [5, 5.41) is 6.80. The maximum atomic E-state index is 4.46. The van der Waals surface area contributed by atoms with Gasteiger partial charge >= 0.3 is 0 Å². The molecule has 0 aliphatic heterocycles. The van der Waals surface area contributed by atoms with E-state index < -0.39 is 0 Å². The van der Waals surface area contributed by atoms with E-state index in [2.05, 4.69) is 65.5 Å². The van der Waals surface area contributed by atoms with Crippen molar-refractivity contribution in [3.63, 3.8) is 0 Å². The SMILES string of the molecule is CCNC(C)c1ccnc(Sc2cc3ccccc3[nH]2)c1. The Hall–Kier alpha value is -1.78. The molecule has 0 aliphatic rings. The number of hydrogen-bond acceptors (Lipinski definition) is 3. The van der Waals surface area contributed by atoms with Crippen LogP contribution in [0.15, 0.2) is 58.7 Å². The summed E-state index contributed by atoms with van der Waals surface area (Å²) in [6.45, 7) is 5.27. The highest BCUT2D eigenvalue weighted by Crippen LogP contribution is 2.29. The molecule has 0 saturated heterocycles. The smallest absolute Gasteiger partial charge is 0.102 e. The molecule has 0 amide bonds. The molecule has 21 heavy (non-hydrogen) atoms. The largest absolute Gasteiger partial charge is 0.349 e. The van der Waals surface area contributed by atoms with Crippen molar-refractivity contribution in [3.8, 4) is 0 Å². The topological polar surface area (TPSA) is 40.7 Å². The lowest BCUT2D eigenvalue weighted by Crippen LogP contribution is -2.17. The van der Waals surface area contributed by atoms with Gasteiger partial charge < -0.3 is 10.3 Å². The van der Waals surface area contributed by atoms with Crippen LogP contribution in [-0.4, -0.2) is 16.5 Å². The summed E-state index contributed by atoms with van der Waals surface area (Å²) in [4.78, 5) is 7.89. The standard InChI is InChI=1S/C17H19N3S/c1-3-18-12(2)13-8-9-19-16(10-13)21-17-11-14-6-4-5-7-15(14)20-17/h4-12,18,20H,3H2,1-2H3. The Bertz CT molecular complexity index is 702. The number of fused-ring (bicyclic) bond motifs is 1. The van der Waals surface area contributed by atoms with Gasteiger partial charge in [-0.1, -0.05) is 36.9 Å². The lowest BCUT2D eigenvalue weighted by molar-refractivity contribution is 0.596. The number of rotatable bonds is 5. The summed E-state index contributed by atoms with van der Waals surface area (Å²) in [6.07, 6.45) is 1.88. The van der Waals surface area contributed by atoms with Gasteiger partial charge in [0.15, 0.2) is 0 Å². The van der Waals surface area contributed by atoms with Crippen molar-refractivity contribution in [1.82, 2.24) is 15.3 Å². The molecule has 3 rings (SSSR count). The van der Waals surface area contributed by atoms with E-state index in [1.807, 2.05) is 12.3 Å². The molecule has 1 unspecified atom stereocenters. The highest BCUT2D eigenvalue weighted by molar-refractivity contribution is 7.99. The van der Waals surface area contributed by atoms with Crippen molar-refractivity contribution < 1.29 is 0 Å². The molecule has 0 bridgehead atoms. The summed E-state index contributed by atoms with van der Waals surface area (Å²) in [7, 11) is 0. The molecule has 0 aliphatic carbocycles. The highest BCUT2D eigenvalue weighted by Gasteiger charge is 2.07. The van der Waals surface area contributed by atoms with E-state index in [0.717, 1.165) is 22.1 Å². The molecule has 2 heterocycles. The van der Waals surface area contributed by atoms with Crippen LogP contribution in [0.1, 0.15) is 25.5 Å². The fraction of sp³-hybridized carbons (Fsp3) is 0.235. The van der Waals surface area contributed by atoms with Gasteiger partial charge in [-0.25, -0.2) is 4.98 Å². The third kappa shape index (κ3) is 3.28. The van der Waals surface area contributed by atoms with Gasteiger partial charge in [-0.05, 0) is 43.3 Å². The summed E-state index contributed by atoms with van der Waals surface area (Å²) in [6, 6.07) is 15.1. The number of nitrogens with one attached hydrogen (secondary N) is 2. The Morgan fingerprint density at radius 2 is 2.10 bits per heavy atom. The average Bonchev–Trinajstić information content (AvgIpc) is 2.90. The van der Waals surface area contributed by atoms with Gasteiger partial charge in [0.25, 0.3) is 0 Å². The normalized spacial score (nSPS) is 12.7. The van der Waals surface area contributed by atoms with Gasteiger partial charge in [0.2, 0.25) is 0 Å². The summed E-state index contributed by atoms with van der Waals surface area (Å²) < 4.78 is 0. The minimum atomic E-state index is 0.347. The van der Waals surface area contributed by atoms with E-state index in [4.69, 9.17) is 0 Å². The minimum Gasteiger partial charge on any atom is -0.349 e. The van der Waals surface area contributed by atoms with Crippen molar-refractivity contribution in [2.24, 2.45) is 0 Å². The molecular weight excluding hydrogens is 278 g/mol. The predicted octanol–water partition coefficient (Wildman–Crippen LogP) is 4.38. The van der Waals surface area contributed by atoms with Gasteiger partial charge in [-0.2, -0.15) is 0 Å². The number of H-pyrrole nitrogens is 1. The molecule has 4 heteroatoms. The average molecular weight is 297 g/mol. The Balaban J connectivity index is 1.82. The van der Waals surface area contributed by atoms with Crippen molar-refractivity contribution in [1.29, 1.82) is 0 Å². The fourth-order valence-electron chi connectivity index (χ4n) is 2.39. The number of para-hydroxylation sites is 1. The van der Waals surface area contributed by atoms with Crippen molar-refractivity contribution in [2.45, 2.75) is 29.9 Å². The molecule has 0 saturated carbocycles. The van der Waals surface area contributed by atoms with Crippen molar-refractivity contribution in [2.75, 3.05) is 6.54 Å². The molecule has 1 aromatic carbocycles. The second kappa shape index (κ2) is 6.33. The first-order chi connectivity index (χ1) is 10.3. The van der Waals surface area contributed by atoms with Crippen LogP contribution in [-0.2, 0) is 0 Å². The zero-order valence-corrected chi connectivity index (χ0v) is 13.1. The van der Waals surface area contributed by atoms with E-state index in [1.54, 1.807) is 11.8 Å². The molecule has 2 N–H and O–H groups in total. The first-order valence-electron chi connectivity index (χ1n) is 7.21. The Morgan fingerprint density at radius 3 is 2.90 bits per heavy atom. The van der Waals surface area contributed by atoms with Crippen LogP contribution < -0.4 is 5.32 Å². The third-order valence-corrected chi connectivity index (χ3v) is 4.36. The number of benzene rings is 1. The van der Waals surface area contributed by atoms with Crippen molar-refractivity contribution >= 4 is 22.7 Å². The Morgan fingerprint density at radius 1 is 1.24 bits per heavy atom. The van der Waals surface area contributed by atoms with Crippen LogP contribution >= 0.6 is 11.8 Å². The van der Waals surface area contributed by atoms with E-state index in [1.165, 1.54) is 10.9 Å². The van der Waals surface area contributed by atoms with Gasteiger partial charge in [0.05, 0.1) is 5.03 Å². The number of aromatic nitrogens is 2. The molecule has 2 aromatic heterocycles. The Kier molecular flexibility index (Phi) is 4.27. The van der Waals surface area contributed by atoms with Crippen LogP contribution in [0.2, 0.25) is 0 Å². The van der Waals surface area contributed by atoms with Crippen LogP contribution in [0.3, 0.4) is 0 Å². The van der Waals surface area contributed by atoms with Crippen LogP contribution in [0.25, 0.3) is 10.9 Å². The Labute approximate surface area is 129 Å². The van der Waals surface area contributed by atoms with E-state index >= 15 is 0 Å². The van der Waals surface area contributed by atoms with E-state index in [0.29, 0.717) is 6.04 Å². The molecule has 0 fully saturated rings. The lowest BCUT2D eigenvalue weighted by Gasteiger charge is -2.13. The first kappa shape index (κ1) is 14.2. The van der Waals surface area contributed by atoms with E-state index in [9.17, 15) is 0 Å². The van der Waals surface area contributed by atoms with Crippen molar-refractivity contribution in [3.05, 3.63) is 54.2 Å². The zero-order valence-electron chi connectivity index (χ0n) is 12.3. The molecule has 3 aromatic rings. The molecule has 3 nitrogen and oxygen atoms in total. The van der Waals surface area contributed by atoms with Crippen LogP contribution in [0.4, 0.5) is 0 Å². The maximum absolute atomic E-state index is 4.46. The summed E-state index contributed by atoms with van der Waals surface area (Å²) >= 11 is 1.67. The zero-order chi connectivity index (χ0) is 14.7. The molecule has 108 valence electrons. The molecule has 1 atom stereocenters. The molecule has 0 spiro atoms. The first-order valence-corrected chi connectivity index (χ1v) is 8.03. The third-order valence-electron chi connectivity index (χ3n) is 3.49. The predicted molar refractivity (Wildman–Crippen MR) is 88.8 cm³/mol. The van der Waals surface area contributed by atoms with Gasteiger partial charge in [0, 0.05) is 23.1 Å². The number of nitrogens with zero attached hydrogens (tertiary/aromatic N) is 1. The summed E-state index contributed by atoms with van der Waals surface area (Å²) in [5.74, 6) is 0. The van der Waals surface area contributed by atoms with Gasteiger partial charge in [-0.3, -0.25) is 0 Å². The minimum absolute atomic E-state index is 0.347. The summed E-state index contributed by atoms with van der Waals surface area (Å²) in [5.41, 5.74) is 2.43. The highest BCUT2D eigenvalue weighted by atomic mass is 32.2. The van der Waals surface area contributed by atoms with E-state index in [-0.39, 0.29) is 0 Å². The number of aromatic amines is 1. The fourth-order valence-corrected chi connectivity index (χ4v) is 3.27. The maximum Gasteiger partial charge on any atom is 0.102 e. The second-order valence-electron chi connectivity index (χ2n) is 5.03. The monoisotopic (exact) mass is 297 g/mol. The van der Waals surface area contributed by atoms with Crippen LogP contribution in [0.5, 0.6) is 0 Å². The van der Waals surface area contributed by atoms with Crippen LogP contribution in [0, 0.1) is 0 Å².